The van der Waals surface area contributed by atoms with Crippen molar-refractivity contribution in [1.29, 1.82) is 0 Å². The molecule has 0 aromatic heterocycles. The first-order valence-corrected chi connectivity index (χ1v) is 9.22. The predicted molar refractivity (Wildman–Crippen MR) is 109 cm³/mol. The van der Waals surface area contributed by atoms with Crippen molar-refractivity contribution in [2.24, 2.45) is 0 Å². The second-order valence-electron chi connectivity index (χ2n) is 6.50. The summed E-state index contributed by atoms with van der Waals surface area (Å²) in [5, 5.41) is 5.29. The standard InChI is InChI=1S/C21H23N3O5/c1-28-17-10-5-14(12-18(17)29-2)21(27)22-13-19(25)23-15-6-8-16(9-7-15)24-11-3-4-20(24)26/h5-10,12H,3-4,11,13H2,1-2H3,(H,22,27)(H,23,25). The molecule has 0 atom stereocenters. The van der Waals surface area contributed by atoms with Crippen LogP contribution >= 0.6 is 0 Å². The summed E-state index contributed by atoms with van der Waals surface area (Å²) >= 11 is 0. The van der Waals surface area contributed by atoms with Crippen LogP contribution in [0, 0.1) is 0 Å². The van der Waals surface area contributed by atoms with Crippen LogP contribution in [0.15, 0.2) is 42.5 Å². The van der Waals surface area contributed by atoms with Crippen LogP contribution in [0.3, 0.4) is 0 Å². The number of rotatable bonds is 7. The molecule has 0 unspecified atom stereocenters. The Hall–Kier alpha value is -3.55. The fourth-order valence-electron chi connectivity index (χ4n) is 3.09. The normalized spacial score (nSPS) is 13.2. The van der Waals surface area contributed by atoms with E-state index in [1.807, 2.05) is 0 Å². The number of benzene rings is 2. The van der Waals surface area contributed by atoms with Crippen molar-refractivity contribution < 1.29 is 23.9 Å². The van der Waals surface area contributed by atoms with Crippen LogP contribution in [-0.4, -0.2) is 45.0 Å². The van der Waals surface area contributed by atoms with Gasteiger partial charge >= 0.3 is 0 Å². The molecular weight excluding hydrogens is 374 g/mol. The van der Waals surface area contributed by atoms with E-state index >= 15 is 0 Å². The Bertz CT molecular complexity index is 911. The molecule has 2 aromatic rings. The third-order valence-electron chi connectivity index (χ3n) is 4.59. The van der Waals surface area contributed by atoms with Crippen LogP contribution in [0.4, 0.5) is 11.4 Å². The predicted octanol–water partition coefficient (Wildman–Crippen LogP) is 2.20. The van der Waals surface area contributed by atoms with E-state index < -0.39 is 5.91 Å². The molecule has 1 saturated heterocycles. The highest BCUT2D eigenvalue weighted by molar-refractivity contribution is 6.00. The number of nitrogens with one attached hydrogen (secondary N) is 2. The molecule has 0 radical (unpaired) electrons. The van der Waals surface area contributed by atoms with Crippen molar-refractivity contribution in [2.75, 3.05) is 37.5 Å². The second kappa shape index (κ2) is 9.09. The van der Waals surface area contributed by atoms with Gasteiger partial charge in [-0.05, 0) is 48.9 Å². The number of amides is 3. The molecule has 0 aliphatic carbocycles. The summed E-state index contributed by atoms with van der Waals surface area (Å²) in [7, 11) is 3.00. The van der Waals surface area contributed by atoms with Gasteiger partial charge < -0.3 is 25.0 Å². The number of hydrogen-bond acceptors (Lipinski definition) is 5. The number of anilines is 2. The highest BCUT2D eigenvalue weighted by atomic mass is 16.5. The maximum Gasteiger partial charge on any atom is 0.251 e. The van der Waals surface area contributed by atoms with E-state index in [0.717, 1.165) is 12.1 Å². The average Bonchev–Trinajstić information content (AvgIpc) is 3.17. The number of ether oxygens (including phenoxy) is 2. The molecule has 0 bridgehead atoms. The van der Waals surface area contributed by atoms with Crippen molar-refractivity contribution in [2.45, 2.75) is 12.8 Å². The SMILES string of the molecule is COc1ccc(C(=O)NCC(=O)Nc2ccc(N3CCCC3=O)cc2)cc1OC. The largest absolute Gasteiger partial charge is 0.493 e. The van der Waals surface area contributed by atoms with Gasteiger partial charge in [-0.3, -0.25) is 14.4 Å². The van der Waals surface area contributed by atoms with E-state index in [-0.39, 0.29) is 18.4 Å². The molecule has 29 heavy (non-hydrogen) atoms. The minimum atomic E-state index is -0.399. The van der Waals surface area contributed by atoms with Crippen molar-refractivity contribution in [3.05, 3.63) is 48.0 Å². The number of carbonyl (C=O) groups excluding carboxylic acids is 3. The average molecular weight is 397 g/mol. The molecule has 8 nitrogen and oxygen atoms in total. The van der Waals surface area contributed by atoms with Crippen LogP contribution in [0.5, 0.6) is 11.5 Å². The summed E-state index contributed by atoms with van der Waals surface area (Å²) in [6, 6.07) is 11.8. The Labute approximate surface area is 168 Å². The lowest BCUT2D eigenvalue weighted by molar-refractivity contribution is -0.117. The van der Waals surface area contributed by atoms with E-state index in [1.54, 1.807) is 47.4 Å². The van der Waals surface area contributed by atoms with Crippen LogP contribution < -0.4 is 25.0 Å². The summed E-state index contributed by atoms with van der Waals surface area (Å²) in [6.45, 7) is 0.534. The number of methoxy groups -OCH3 is 2. The maximum absolute atomic E-state index is 12.3. The lowest BCUT2D eigenvalue weighted by Crippen LogP contribution is -2.32. The van der Waals surface area contributed by atoms with Crippen LogP contribution in [-0.2, 0) is 9.59 Å². The molecule has 0 saturated carbocycles. The molecule has 1 aliphatic heterocycles. The Balaban J connectivity index is 1.53. The van der Waals surface area contributed by atoms with E-state index in [1.165, 1.54) is 14.2 Å². The Morgan fingerprint density at radius 2 is 1.76 bits per heavy atom. The zero-order valence-electron chi connectivity index (χ0n) is 16.4. The molecule has 2 N–H and O–H groups in total. The molecule has 3 rings (SSSR count). The van der Waals surface area contributed by atoms with E-state index in [2.05, 4.69) is 10.6 Å². The highest BCUT2D eigenvalue weighted by Crippen LogP contribution is 2.27. The van der Waals surface area contributed by atoms with Gasteiger partial charge in [0.1, 0.15) is 0 Å². The lowest BCUT2D eigenvalue weighted by atomic mass is 10.2. The first-order valence-electron chi connectivity index (χ1n) is 9.22. The summed E-state index contributed by atoms with van der Waals surface area (Å²) in [6.07, 6.45) is 1.43. The summed E-state index contributed by atoms with van der Waals surface area (Å²) in [5.74, 6) is 0.300. The van der Waals surface area contributed by atoms with Crippen molar-refractivity contribution in [3.63, 3.8) is 0 Å². The van der Waals surface area contributed by atoms with Crippen LogP contribution in [0.2, 0.25) is 0 Å². The molecule has 0 spiro atoms. The quantitative estimate of drug-likeness (QED) is 0.747. The van der Waals surface area contributed by atoms with Crippen LogP contribution in [0.25, 0.3) is 0 Å². The summed E-state index contributed by atoms with van der Waals surface area (Å²) < 4.78 is 10.3. The van der Waals surface area contributed by atoms with Gasteiger partial charge in [-0.15, -0.1) is 0 Å². The van der Waals surface area contributed by atoms with Gasteiger partial charge in [0.25, 0.3) is 5.91 Å². The smallest absolute Gasteiger partial charge is 0.251 e. The van der Waals surface area contributed by atoms with Crippen LogP contribution in [0.1, 0.15) is 23.2 Å². The first-order chi connectivity index (χ1) is 14.0. The first kappa shape index (κ1) is 20.2. The van der Waals surface area contributed by atoms with E-state index in [0.29, 0.717) is 35.7 Å². The van der Waals surface area contributed by atoms with Gasteiger partial charge in [-0.2, -0.15) is 0 Å². The molecule has 1 aliphatic rings. The summed E-state index contributed by atoms with van der Waals surface area (Å²) in [4.78, 5) is 37.9. The highest BCUT2D eigenvalue weighted by Gasteiger charge is 2.21. The molecule has 1 fully saturated rings. The minimum Gasteiger partial charge on any atom is -0.493 e. The van der Waals surface area contributed by atoms with Gasteiger partial charge in [0.15, 0.2) is 11.5 Å². The maximum atomic E-state index is 12.3. The molecule has 1 heterocycles. The fourth-order valence-corrected chi connectivity index (χ4v) is 3.09. The fraction of sp³-hybridized carbons (Fsp3) is 0.286. The Morgan fingerprint density at radius 3 is 2.38 bits per heavy atom. The van der Waals surface area contributed by atoms with E-state index in [4.69, 9.17) is 9.47 Å². The minimum absolute atomic E-state index is 0.111. The monoisotopic (exact) mass is 397 g/mol. The topological polar surface area (TPSA) is 97.0 Å². The molecule has 3 amide bonds. The van der Waals surface area contributed by atoms with Gasteiger partial charge in [0, 0.05) is 29.9 Å². The zero-order valence-corrected chi connectivity index (χ0v) is 16.4. The van der Waals surface area contributed by atoms with Gasteiger partial charge in [-0.1, -0.05) is 0 Å². The third kappa shape index (κ3) is 4.84. The van der Waals surface area contributed by atoms with Gasteiger partial charge in [0.2, 0.25) is 11.8 Å². The summed E-state index contributed by atoms with van der Waals surface area (Å²) in [5.41, 5.74) is 1.76. The van der Waals surface area contributed by atoms with E-state index in [9.17, 15) is 14.4 Å². The van der Waals surface area contributed by atoms with Gasteiger partial charge in [0.05, 0.1) is 20.8 Å². The molecule has 2 aromatic carbocycles. The van der Waals surface area contributed by atoms with Crippen molar-refractivity contribution >= 4 is 29.1 Å². The third-order valence-corrected chi connectivity index (χ3v) is 4.59. The molecule has 152 valence electrons. The van der Waals surface area contributed by atoms with Gasteiger partial charge in [-0.25, -0.2) is 0 Å². The number of nitrogens with zero attached hydrogens (tertiary/aromatic N) is 1. The molecular formula is C21H23N3O5. The Kier molecular flexibility index (Phi) is 6.33. The zero-order chi connectivity index (χ0) is 20.8. The second-order valence-corrected chi connectivity index (χ2v) is 6.50. The molecule has 8 heteroatoms. The lowest BCUT2D eigenvalue weighted by Gasteiger charge is -2.16. The number of hydrogen-bond donors (Lipinski definition) is 2. The number of carbonyl (C=O) groups is 3. The Morgan fingerprint density at radius 1 is 1.03 bits per heavy atom. The van der Waals surface area contributed by atoms with Crippen molar-refractivity contribution in [3.8, 4) is 11.5 Å². The van der Waals surface area contributed by atoms with Crippen molar-refractivity contribution in [1.82, 2.24) is 5.32 Å².